The number of nitrogens with zero attached hydrogens (tertiary/aromatic N) is 2. The van der Waals surface area contributed by atoms with E-state index in [9.17, 15) is 18.3 Å². The molecule has 8 nitrogen and oxygen atoms in total. The number of phenols is 1. The maximum absolute atomic E-state index is 13.7. The van der Waals surface area contributed by atoms with Crippen molar-refractivity contribution in [3.05, 3.63) is 88.5 Å². The second kappa shape index (κ2) is 11.8. The van der Waals surface area contributed by atoms with Crippen LogP contribution in [0.5, 0.6) is 11.5 Å². The Labute approximate surface area is 212 Å². The number of nitrogens with one attached hydrogen (secondary N) is 1. The number of aromatic hydroxyl groups is 1. The van der Waals surface area contributed by atoms with E-state index in [0.29, 0.717) is 23.1 Å². The Morgan fingerprint density at radius 1 is 1.06 bits per heavy atom. The van der Waals surface area contributed by atoms with Gasteiger partial charge >= 0.3 is 0 Å². The first-order valence-electron chi connectivity index (χ1n) is 11.4. The van der Waals surface area contributed by atoms with Crippen LogP contribution in [0, 0.1) is 20.8 Å². The maximum Gasteiger partial charge on any atom is 0.255 e. The van der Waals surface area contributed by atoms with Crippen molar-refractivity contribution < 1.29 is 23.1 Å². The zero-order valence-electron chi connectivity index (χ0n) is 20.9. The average Bonchev–Trinajstić information content (AvgIpc) is 2.82. The monoisotopic (exact) mass is 509 g/mol. The molecule has 3 aromatic rings. The van der Waals surface area contributed by atoms with E-state index in [0.717, 1.165) is 11.1 Å². The first-order valence-corrected chi connectivity index (χ1v) is 12.9. The fourth-order valence-corrected chi connectivity index (χ4v) is 5.84. The summed E-state index contributed by atoms with van der Waals surface area (Å²) in [5, 5.41) is 13.6. The van der Waals surface area contributed by atoms with Crippen LogP contribution in [0.15, 0.2) is 70.7 Å². The van der Waals surface area contributed by atoms with Crippen molar-refractivity contribution in [1.29, 1.82) is 0 Å². The van der Waals surface area contributed by atoms with Crippen molar-refractivity contribution in [2.75, 3.05) is 20.2 Å². The Bertz CT molecular complexity index is 1330. The van der Waals surface area contributed by atoms with E-state index in [1.807, 2.05) is 49.4 Å². The highest BCUT2D eigenvalue weighted by Crippen LogP contribution is 2.26. The minimum absolute atomic E-state index is 0.0142. The maximum atomic E-state index is 13.7. The summed E-state index contributed by atoms with van der Waals surface area (Å²) in [7, 11) is -2.53. The van der Waals surface area contributed by atoms with Gasteiger partial charge in [0.15, 0.2) is 11.5 Å². The van der Waals surface area contributed by atoms with Crippen LogP contribution in [0.2, 0.25) is 0 Å². The highest BCUT2D eigenvalue weighted by atomic mass is 32.2. The number of hydrogen-bond donors (Lipinski definition) is 2. The van der Waals surface area contributed by atoms with Crippen LogP contribution in [0.4, 0.5) is 0 Å². The number of hydrogen-bond acceptors (Lipinski definition) is 6. The van der Waals surface area contributed by atoms with E-state index >= 15 is 0 Å². The number of ether oxygens (including phenoxy) is 1. The SMILES string of the molecule is COc1cc(/C=N/NC(=O)CN(CCc2ccccc2)S(=O)(=O)c2c(C)cc(C)cc2C)ccc1O. The Balaban J connectivity index is 1.81. The molecule has 0 unspecified atom stereocenters. The summed E-state index contributed by atoms with van der Waals surface area (Å²) in [6.45, 7) is 5.18. The standard InChI is InChI=1S/C27H31N3O5S/c1-19-14-20(2)27(21(3)15-19)36(33,34)30(13-12-22-8-6-5-7-9-22)18-26(32)29-28-17-23-10-11-24(31)25(16-23)35-4/h5-11,14-17,31H,12-13,18H2,1-4H3,(H,29,32)/b28-17+. The molecule has 0 heterocycles. The molecular formula is C27H31N3O5S. The van der Waals surface area contributed by atoms with Gasteiger partial charge in [-0.25, -0.2) is 13.8 Å². The second-order valence-corrected chi connectivity index (χ2v) is 10.4. The van der Waals surface area contributed by atoms with E-state index in [1.54, 1.807) is 26.0 Å². The lowest BCUT2D eigenvalue weighted by Crippen LogP contribution is -2.41. The fraction of sp³-hybridized carbons (Fsp3) is 0.259. The summed E-state index contributed by atoms with van der Waals surface area (Å²) >= 11 is 0. The van der Waals surface area contributed by atoms with Crippen LogP contribution in [0.25, 0.3) is 0 Å². The van der Waals surface area contributed by atoms with Gasteiger partial charge in [-0.1, -0.05) is 48.0 Å². The third-order valence-corrected chi connectivity index (χ3v) is 7.77. The van der Waals surface area contributed by atoms with Crippen molar-refractivity contribution in [3.8, 4) is 11.5 Å². The van der Waals surface area contributed by atoms with Crippen molar-refractivity contribution in [2.24, 2.45) is 5.10 Å². The van der Waals surface area contributed by atoms with Crippen molar-refractivity contribution in [3.63, 3.8) is 0 Å². The Morgan fingerprint density at radius 3 is 2.36 bits per heavy atom. The van der Waals surface area contributed by atoms with Crippen LogP contribution in [0.3, 0.4) is 0 Å². The molecule has 190 valence electrons. The molecule has 3 aromatic carbocycles. The lowest BCUT2D eigenvalue weighted by Gasteiger charge is -2.24. The molecule has 0 bridgehead atoms. The quantitative estimate of drug-likeness (QED) is 0.320. The second-order valence-electron chi connectivity index (χ2n) is 8.53. The fourth-order valence-electron chi connectivity index (χ4n) is 4.03. The Hall–Kier alpha value is -3.69. The van der Waals surface area contributed by atoms with Crippen LogP contribution < -0.4 is 10.2 Å². The van der Waals surface area contributed by atoms with Gasteiger partial charge in [-0.2, -0.15) is 9.41 Å². The third-order valence-electron chi connectivity index (χ3n) is 5.62. The summed E-state index contributed by atoms with van der Waals surface area (Å²) in [6.07, 6.45) is 1.84. The number of phenolic OH excluding ortho intramolecular Hbond substituents is 1. The molecule has 0 aliphatic carbocycles. The Morgan fingerprint density at radius 2 is 1.72 bits per heavy atom. The highest BCUT2D eigenvalue weighted by molar-refractivity contribution is 7.89. The van der Waals surface area contributed by atoms with Crippen molar-refractivity contribution in [1.82, 2.24) is 9.73 Å². The number of amides is 1. The van der Waals surface area contributed by atoms with Gasteiger partial charge in [-0.3, -0.25) is 4.79 Å². The summed E-state index contributed by atoms with van der Waals surface area (Å²) in [5.74, 6) is -0.317. The van der Waals surface area contributed by atoms with Gasteiger partial charge in [-0.05, 0) is 67.6 Å². The van der Waals surface area contributed by atoms with Gasteiger partial charge in [0.1, 0.15) is 0 Å². The van der Waals surface area contributed by atoms with E-state index in [-0.39, 0.29) is 22.9 Å². The molecule has 0 spiro atoms. The van der Waals surface area contributed by atoms with E-state index in [1.165, 1.54) is 23.7 Å². The minimum atomic E-state index is -3.96. The van der Waals surface area contributed by atoms with E-state index < -0.39 is 22.5 Å². The largest absolute Gasteiger partial charge is 0.504 e. The van der Waals surface area contributed by atoms with Gasteiger partial charge in [0, 0.05) is 6.54 Å². The zero-order valence-corrected chi connectivity index (χ0v) is 21.7. The van der Waals surface area contributed by atoms with Crippen LogP contribution >= 0.6 is 0 Å². The normalized spacial score (nSPS) is 11.7. The van der Waals surface area contributed by atoms with Gasteiger partial charge in [-0.15, -0.1) is 0 Å². The van der Waals surface area contributed by atoms with Crippen LogP contribution in [-0.4, -0.2) is 50.2 Å². The summed E-state index contributed by atoms with van der Waals surface area (Å²) in [6, 6.07) is 17.8. The number of aryl methyl sites for hydroxylation is 3. The molecule has 0 fully saturated rings. The number of methoxy groups -OCH3 is 1. The summed E-state index contributed by atoms with van der Waals surface area (Å²) < 4.78 is 33.7. The first-order chi connectivity index (χ1) is 17.1. The van der Waals surface area contributed by atoms with Crippen molar-refractivity contribution >= 4 is 22.1 Å². The van der Waals surface area contributed by atoms with Gasteiger partial charge in [0.25, 0.3) is 5.91 Å². The molecule has 0 saturated carbocycles. The summed E-state index contributed by atoms with van der Waals surface area (Å²) in [4.78, 5) is 13.0. The molecular weight excluding hydrogens is 478 g/mol. The molecule has 1 amide bonds. The van der Waals surface area contributed by atoms with Crippen LogP contribution in [0.1, 0.15) is 27.8 Å². The predicted molar refractivity (Wildman–Crippen MR) is 140 cm³/mol. The number of hydrazone groups is 1. The molecule has 2 N–H and O–H groups in total. The molecule has 0 saturated heterocycles. The van der Waals surface area contributed by atoms with Crippen molar-refractivity contribution in [2.45, 2.75) is 32.1 Å². The zero-order chi connectivity index (χ0) is 26.3. The number of rotatable bonds is 10. The van der Waals surface area contributed by atoms with Gasteiger partial charge in [0.05, 0.1) is 24.8 Å². The number of sulfonamides is 1. The molecule has 36 heavy (non-hydrogen) atoms. The lowest BCUT2D eigenvalue weighted by atomic mass is 10.1. The molecule has 9 heteroatoms. The predicted octanol–water partition coefficient (Wildman–Crippen LogP) is 3.71. The topological polar surface area (TPSA) is 108 Å². The highest BCUT2D eigenvalue weighted by Gasteiger charge is 2.29. The number of carbonyl (C=O) groups excluding carboxylic acids is 1. The first kappa shape index (κ1) is 26.9. The molecule has 0 atom stereocenters. The average molecular weight is 510 g/mol. The van der Waals surface area contributed by atoms with E-state index in [2.05, 4.69) is 10.5 Å². The Kier molecular flexibility index (Phi) is 8.84. The molecule has 0 radical (unpaired) electrons. The number of benzene rings is 3. The molecule has 0 aliphatic rings. The van der Waals surface area contributed by atoms with E-state index in [4.69, 9.17) is 4.74 Å². The molecule has 3 rings (SSSR count). The molecule has 0 aliphatic heterocycles. The van der Waals surface area contributed by atoms with Crippen LogP contribution in [-0.2, 0) is 21.2 Å². The van der Waals surface area contributed by atoms with Gasteiger partial charge < -0.3 is 9.84 Å². The minimum Gasteiger partial charge on any atom is -0.504 e. The lowest BCUT2D eigenvalue weighted by molar-refractivity contribution is -0.121. The summed E-state index contributed by atoms with van der Waals surface area (Å²) in [5.41, 5.74) is 6.19. The third kappa shape index (κ3) is 6.71. The smallest absolute Gasteiger partial charge is 0.255 e. The number of carbonyl (C=O) groups is 1. The molecule has 0 aromatic heterocycles. The van der Waals surface area contributed by atoms with Gasteiger partial charge in [0.2, 0.25) is 10.0 Å².